The molecule has 2 aromatic carbocycles. The van der Waals surface area contributed by atoms with Gasteiger partial charge in [0.1, 0.15) is 11.8 Å². The first kappa shape index (κ1) is 29.0. The van der Waals surface area contributed by atoms with E-state index in [1.165, 1.54) is 29.0 Å². The van der Waals surface area contributed by atoms with Gasteiger partial charge in [0, 0.05) is 39.8 Å². The minimum atomic E-state index is -4.54. The average Bonchev–Trinajstić information content (AvgIpc) is 2.90. The van der Waals surface area contributed by atoms with Crippen LogP contribution in [0.1, 0.15) is 47.2 Å². The van der Waals surface area contributed by atoms with E-state index in [0.717, 1.165) is 37.0 Å². The van der Waals surface area contributed by atoms with Crippen LogP contribution in [0.25, 0.3) is 0 Å². The Kier molecular flexibility index (Phi) is 9.77. The number of alkyl halides is 3. The Morgan fingerprint density at radius 3 is 2.55 bits per heavy atom. The molecule has 10 heteroatoms. The molecule has 2 aromatic rings. The first-order chi connectivity index (χ1) is 18.0. The molecule has 7 nitrogen and oxygen atoms in total. The van der Waals surface area contributed by atoms with Crippen molar-refractivity contribution in [1.82, 2.24) is 14.7 Å². The lowest BCUT2D eigenvalue weighted by Crippen LogP contribution is -2.50. The maximum atomic E-state index is 13.3. The van der Waals surface area contributed by atoms with Crippen molar-refractivity contribution in [2.24, 2.45) is 0 Å². The summed E-state index contributed by atoms with van der Waals surface area (Å²) in [5, 5.41) is 0. The van der Waals surface area contributed by atoms with Crippen molar-refractivity contribution in [3.8, 4) is 5.75 Å². The lowest BCUT2D eigenvalue weighted by Gasteiger charge is -2.31. The van der Waals surface area contributed by atoms with Crippen LogP contribution in [-0.4, -0.2) is 79.3 Å². The molecule has 0 spiro atoms. The third-order valence-corrected chi connectivity index (χ3v) is 6.79. The molecule has 3 amide bonds. The molecule has 0 aromatic heterocycles. The fourth-order valence-electron chi connectivity index (χ4n) is 4.45. The molecule has 0 N–H and O–H groups in total. The van der Waals surface area contributed by atoms with Crippen LogP contribution in [0.5, 0.6) is 5.75 Å². The summed E-state index contributed by atoms with van der Waals surface area (Å²) < 4.78 is 44.9. The van der Waals surface area contributed by atoms with E-state index < -0.39 is 23.7 Å². The van der Waals surface area contributed by atoms with Gasteiger partial charge in [-0.05, 0) is 61.9 Å². The van der Waals surface area contributed by atoms with E-state index in [2.05, 4.69) is 0 Å². The number of aryl methyl sites for hydroxylation is 1. The molecule has 0 saturated heterocycles. The van der Waals surface area contributed by atoms with Crippen LogP contribution in [0.15, 0.2) is 48.5 Å². The van der Waals surface area contributed by atoms with Crippen molar-refractivity contribution in [2.45, 2.75) is 44.3 Å². The molecule has 0 aliphatic carbocycles. The zero-order chi connectivity index (χ0) is 27.9. The zero-order valence-electron chi connectivity index (χ0n) is 22.0. The highest BCUT2D eigenvalue weighted by atomic mass is 19.4. The van der Waals surface area contributed by atoms with Crippen LogP contribution >= 0.6 is 0 Å². The first-order valence-electron chi connectivity index (χ1n) is 12.6. The second-order valence-corrected chi connectivity index (χ2v) is 9.58. The number of hydrogen-bond acceptors (Lipinski definition) is 4. The number of fused-ring (bicyclic) bond motifs is 1. The molecule has 1 aliphatic rings. The fraction of sp³-hybridized carbons (Fsp3) is 0.464. The molecular formula is C28H34F3N3O4. The number of ether oxygens (including phenoxy) is 1. The summed E-state index contributed by atoms with van der Waals surface area (Å²) in [5.74, 6) is -0.450. The zero-order valence-corrected chi connectivity index (χ0v) is 22.0. The molecule has 1 heterocycles. The summed E-state index contributed by atoms with van der Waals surface area (Å²) in [7, 11) is 4.77. The topological polar surface area (TPSA) is 70.2 Å². The number of nitrogens with zero attached hydrogens (tertiary/aromatic N) is 3. The summed E-state index contributed by atoms with van der Waals surface area (Å²) in [6, 6.07) is 11.1. The van der Waals surface area contributed by atoms with Crippen molar-refractivity contribution in [3.05, 3.63) is 65.2 Å². The normalized spacial score (nSPS) is 17.6. The number of halogens is 3. The predicted octanol–water partition coefficient (Wildman–Crippen LogP) is 4.26. The van der Waals surface area contributed by atoms with Gasteiger partial charge in [0.05, 0.1) is 5.56 Å². The van der Waals surface area contributed by atoms with Gasteiger partial charge in [0.25, 0.3) is 11.8 Å². The Balaban J connectivity index is 1.67. The molecule has 0 fully saturated rings. The highest BCUT2D eigenvalue weighted by molar-refractivity contribution is 5.94. The maximum absolute atomic E-state index is 13.3. The number of amides is 3. The van der Waals surface area contributed by atoms with Gasteiger partial charge >= 0.3 is 6.18 Å². The number of carbonyl (C=O) groups excluding carboxylic acids is 3. The first-order valence-corrected chi connectivity index (χ1v) is 12.6. The minimum Gasteiger partial charge on any atom is -0.483 e. The summed E-state index contributed by atoms with van der Waals surface area (Å²) >= 11 is 0. The number of rotatable bonds is 5. The minimum absolute atomic E-state index is 0.0649. The van der Waals surface area contributed by atoms with Gasteiger partial charge in [-0.2, -0.15) is 13.2 Å². The van der Waals surface area contributed by atoms with Crippen LogP contribution in [0, 0.1) is 0 Å². The van der Waals surface area contributed by atoms with Gasteiger partial charge in [-0.15, -0.1) is 0 Å². The number of likely N-dealkylation sites (N-methyl/N-ethyl adjacent to an activating group) is 2. The van der Waals surface area contributed by atoms with E-state index in [9.17, 15) is 27.6 Å². The Morgan fingerprint density at radius 1 is 1.08 bits per heavy atom. The number of carbonyl (C=O) groups is 3. The monoisotopic (exact) mass is 533 g/mol. The van der Waals surface area contributed by atoms with Gasteiger partial charge in [-0.25, -0.2) is 0 Å². The lowest BCUT2D eigenvalue weighted by atomic mass is 10.1. The van der Waals surface area contributed by atoms with E-state index in [0.29, 0.717) is 18.7 Å². The second-order valence-electron chi connectivity index (χ2n) is 9.58. The Hall–Kier alpha value is -3.56. The summed E-state index contributed by atoms with van der Waals surface area (Å²) in [4.78, 5) is 43.3. The fourth-order valence-corrected chi connectivity index (χ4v) is 4.45. The van der Waals surface area contributed by atoms with Gasteiger partial charge in [0.2, 0.25) is 5.91 Å². The van der Waals surface area contributed by atoms with Gasteiger partial charge in [-0.1, -0.05) is 24.3 Å². The largest absolute Gasteiger partial charge is 0.483 e. The van der Waals surface area contributed by atoms with E-state index in [4.69, 9.17) is 4.74 Å². The number of hydrogen-bond donors (Lipinski definition) is 0. The van der Waals surface area contributed by atoms with Crippen LogP contribution in [0.2, 0.25) is 0 Å². The third-order valence-electron chi connectivity index (χ3n) is 6.79. The second kappa shape index (κ2) is 12.8. The van der Waals surface area contributed by atoms with Crippen LogP contribution in [0.4, 0.5) is 13.2 Å². The maximum Gasteiger partial charge on any atom is 0.416 e. The smallest absolute Gasteiger partial charge is 0.416 e. The molecule has 1 aliphatic heterocycles. The Morgan fingerprint density at radius 2 is 1.82 bits per heavy atom. The third kappa shape index (κ3) is 7.49. The van der Waals surface area contributed by atoms with E-state index in [1.54, 1.807) is 19.0 Å². The molecule has 3 rings (SSSR count). The summed E-state index contributed by atoms with van der Waals surface area (Å²) in [6.45, 7) is 0.526. The van der Waals surface area contributed by atoms with Crippen LogP contribution in [-0.2, 0) is 22.2 Å². The van der Waals surface area contributed by atoms with Crippen molar-refractivity contribution in [2.75, 3.05) is 40.8 Å². The molecule has 38 heavy (non-hydrogen) atoms. The van der Waals surface area contributed by atoms with Crippen LogP contribution in [0.3, 0.4) is 0 Å². The SMILES string of the molecule is CN(CCC[C@H]1C(=O)N(C)CCCCc2ccccc2OCC(=O)N1C)C(=O)c1cccc(C(F)(F)F)c1. The molecule has 0 bridgehead atoms. The quantitative estimate of drug-likeness (QED) is 0.576. The molecule has 206 valence electrons. The van der Waals surface area contributed by atoms with Crippen molar-refractivity contribution in [3.63, 3.8) is 0 Å². The van der Waals surface area contributed by atoms with Crippen molar-refractivity contribution in [1.29, 1.82) is 0 Å². The molecular weight excluding hydrogens is 499 g/mol. The van der Waals surface area contributed by atoms with E-state index >= 15 is 0 Å². The van der Waals surface area contributed by atoms with E-state index in [1.807, 2.05) is 24.3 Å². The molecule has 0 radical (unpaired) electrons. The molecule has 1 atom stereocenters. The van der Waals surface area contributed by atoms with Crippen molar-refractivity contribution < 1.29 is 32.3 Å². The lowest BCUT2D eigenvalue weighted by molar-refractivity contribution is -0.145. The van der Waals surface area contributed by atoms with E-state index in [-0.39, 0.29) is 37.0 Å². The Labute approximate surface area is 221 Å². The van der Waals surface area contributed by atoms with Gasteiger partial charge in [-0.3, -0.25) is 14.4 Å². The van der Waals surface area contributed by atoms with Gasteiger partial charge in [0.15, 0.2) is 6.61 Å². The molecule has 0 saturated carbocycles. The van der Waals surface area contributed by atoms with Crippen molar-refractivity contribution >= 4 is 17.7 Å². The molecule has 0 unspecified atom stereocenters. The number of benzene rings is 2. The predicted molar refractivity (Wildman–Crippen MR) is 137 cm³/mol. The standard InChI is InChI=1S/C28H34F3N3O4/c1-32(26(36)21-12-8-13-22(18-21)28(29,30)31)17-9-14-23-27(37)33(2)16-7-6-11-20-10-4-5-15-24(20)38-19-25(35)34(23)3/h4-5,8,10,12-13,15,18,23H,6-7,9,11,14,16-17,19H2,1-3H3/t23-/m0/s1. The highest BCUT2D eigenvalue weighted by Gasteiger charge is 2.32. The summed E-state index contributed by atoms with van der Waals surface area (Å²) in [6.07, 6.45) is -1.48. The Bertz CT molecular complexity index is 1140. The van der Waals surface area contributed by atoms with Gasteiger partial charge < -0.3 is 19.4 Å². The number of para-hydroxylation sites is 1. The highest BCUT2D eigenvalue weighted by Crippen LogP contribution is 2.29. The average molecular weight is 534 g/mol. The summed E-state index contributed by atoms with van der Waals surface area (Å²) in [5.41, 5.74) is 0.0607. The van der Waals surface area contributed by atoms with Crippen LogP contribution < -0.4 is 4.74 Å².